The summed E-state index contributed by atoms with van der Waals surface area (Å²) in [5.74, 6) is 0. The molecule has 0 unspecified atom stereocenters. The SMILES string of the molecule is CCCCCCc1cc(CCCCCC)cc(C2(CCCCCC[n+]3c(C)sc4ccccc43)c3cc(Br)ccc3-c3ccc(Br)cc32)c1. The van der Waals surface area contributed by atoms with Crippen LogP contribution in [0.3, 0.4) is 0 Å². The molecule has 0 radical (unpaired) electrons. The third kappa shape index (κ3) is 8.29. The van der Waals surface area contributed by atoms with E-state index in [1.54, 1.807) is 0 Å². The van der Waals surface area contributed by atoms with Crippen molar-refractivity contribution in [2.45, 2.75) is 129 Å². The van der Waals surface area contributed by atoms with Crippen LogP contribution in [0.5, 0.6) is 0 Å². The molecule has 0 fully saturated rings. The van der Waals surface area contributed by atoms with E-state index in [1.165, 1.54) is 153 Å². The molecule has 0 aliphatic heterocycles. The number of para-hydroxylation sites is 1. The van der Waals surface area contributed by atoms with Crippen molar-refractivity contribution in [3.63, 3.8) is 0 Å². The van der Waals surface area contributed by atoms with E-state index in [1.807, 2.05) is 11.3 Å². The maximum atomic E-state index is 3.91. The Morgan fingerprint density at radius 1 is 0.612 bits per heavy atom. The number of thiazole rings is 1. The number of nitrogens with zero attached hydrogens (tertiary/aromatic N) is 1. The number of aromatic nitrogens is 1. The topological polar surface area (TPSA) is 3.88 Å². The average Bonchev–Trinajstić information content (AvgIpc) is 3.56. The predicted octanol–water partition coefficient (Wildman–Crippen LogP) is 14.2. The highest BCUT2D eigenvalue weighted by atomic mass is 79.9. The van der Waals surface area contributed by atoms with Crippen molar-refractivity contribution < 1.29 is 4.57 Å². The zero-order valence-electron chi connectivity index (χ0n) is 29.9. The van der Waals surface area contributed by atoms with Gasteiger partial charge in [0.05, 0.1) is 0 Å². The number of fused-ring (bicyclic) bond motifs is 4. The first-order chi connectivity index (χ1) is 23.9. The van der Waals surface area contributed by atoms with Gasteiger partial charge in [0.15, 0.2) is 0 Å². The van der Waals surface area contributed by atoms with Gasteiger partial charge in [-0.05, 0) is 108 Å². The van der Waals surface area contributed by atoms with Crippen LogP contribution in [0.15, 0.2) is 87.8 Å². The van der Waals surface area contributed by atoms with Crippen molar-refractivity contribution in [1.29, 1.82) is 0 Å². The third-order valence-corrected chi connectivity index (χ3v) is 12.9. The van der Waals surface area contributed by atoms with E-state index in [0.717, 1.165) is 13.0 Å². The molecule has 0 atom stereocenters. The number of benzene rings is 4. The Balaban J connectivity index is 1.32. The van der Waals surface area contributed by atoms with Crippen LogP contribution < -0.4 is 4.57 Å². The second kappa shape index (κ2) is 17.3. The van der Waals surface area contributed by atoms with E-state index < -0.39 is 0 Å². The third-order valence-electron chi connectivity index (χ3n) is 10.8. The van der Waals surface area contributed by atoms with Gasteiger partial charge in [0, 0.05) is 33.8 Å². The standard InChI is InChI=1S/C45H54Br2NS/c1-4-6-8-12-18-34-28-35(19-13-9-7-5-2)30-36(29-34)45(41-31-37(46)22-24-39(41)40-25-23-38(47)32-42(40)45)26-16-10-11-17-27-48-33(3)49-44-21-15-14-20-43(44)48/h14-15,20-25,28-32H,4-13,16-19,26-27H2,1-3H3/q+1. The fourth-order valence-electron chi connectivity index (χ4n) is 8.33. The van der Waals surface area contributed by atoms with Crippen molar-refractivity contribution in [3.05, 3.63) is 121 Å². The van der Waals surface area contributed by atoms with Crippen LogP contribution in [0.25, 0.3) is 21.3 Å². The first-order valence-corrected chi connectivity index (χ1v) is 21.5. The second-order valence-electron chi connectivity index (χ2n) is 14.3. The minimum absolute atomic E-state index is 0.162. The van der Waals surface area contributed by atoms with E-state index >= 15 is 0 Å². The summed E-state index contributed by atoms with van der Waals surface area (Å²) < 4.78 is 6.28. The molecule has 5 aromatic rings. The molecule has 4 aromatic carbocycles. The minimum atomic E-state index is -0.162. The van der Waals surface area contributed by atoms with Crippen LogP contribution in [0, 0.1) is 6.92 Å². The maximum Gasteiger partial charge on any atom is 0.235 e. The van der Waals surface area contributed by atoms with Gasteiger partial charge in [0.1, 0.15) is 11.2 Å². The molecule has 0 N–H and O–H groups in total. The number of unbranched alkanes of at least 4 members (excludes halogenated alkanes) is 9. The lowest BCUT2D eigenvalue weighted by molar-refractivity contribution is -0.673. The van der Waals surface area contributed by atoms with Gasteiger partial charge in [-0.3, -0.25) is 0 Å². The molecule has 1 aliphatic carbocycles. The number of aryl methyl sites for hydroxylation is 4. The molecule has 0 saturated carbocycles. The number of halogens is 2. The molecule has 0 amide bonds. The van der Waals surface area contributed by atoms with Gasteiger partial charge < -0.3 is 0 Å². The lowest BCUT2D eigenvalue weighted by atomic mass is 9.68. The average molecular weight is 801 g/mol. The van der Waals surface area contributed by atoms with E-state index in [9.17, 15) is 0 Å². The Morgan fingerprint density at radius 2 is 1.18 bits per heavy atom. The monoisotopic (exact) mass is 798 g/mol. The fraction of sp³-hybridized carbons (Fsp3) is 0.444. The predicted molar refractivity (Wildman–Crippen MR) is 219 cm³/mol. The van der Waals surface area contributed by atoms with Crippen LogP contribution in [0.4, 0.5) is 0 Å². The highest BCUT2D eigenvalue weighted by molar-refractivity contribution is 9.10. The molecular formula is C45H54Br2NS+. The molecule has 49 heavy (non-hydrogen) atoms. The van der Waals surface area contributed by atoms with E-state index in [-0.39, 0.29) is 5.41 Å². The molecule has 6 rings (SSSR count). The van der Waals surface area contributed by atoms with Gasteiger partial charge >= 0.3 is 0 Å². The molecule has 0 spiro atoms. The Bertz CT molecular complexity index is 1770. The number of hydrogen-bond donors (Lipinski definition) is 0. The molecule has 1 nitrogen and oxygen atoms in total. The van der Waals surface area contributed by atoms with Gasteiger partial charge in [0.2, 0.25) is 10.5 Å². The van der Waals surface area contributed by atoms with Gasteiger partial charge in [-0.25, -0.2) is 0 Å². The van der Waals surface area contributed by atoms with Crippen LogP contribution in [-0.4, -0.2) is 0 Å². The Hall–Kier alpha value is -2.27. The molecule has 4 heteroatoms. The Morgan fingerprint density at radius 3 is 1.80 bits per heavy atom. The van der Waals surface area contributed by atoms with Crippen molar-refractivity contribution in [2.24, 2.45) is 0 Å². The van der Waals surface area contributed by atoms with Crippen LogP contribution >= 0.6 is 43.2 Å². The van der Waals surface area contributed by atoms with Gasteiger partial charge in [0.25, 0.3) is 0 Å². The van der Waals surface area contributed by atoms with Gasteiger partial charge in [-0.2, -0.15) is 4.57 Å². The summed E-state index contributed by atoms with van der Waals surface area (Å²) in [7, 11) is 0. The van der Waals surface area contributed by atoms with E-state index in [4.69, 9.17) is 0 Å². The highest BCUT2D eigenvalue weighted by Gasteiger charge is 2.44. The first kappa shape index (κ1) is 36.5. The minimum Gasteiger partial charge on any atom is -0.186 e. The summed E-state index contributed by atoms with van der Waals surface area (Å²) in [5, 5.41) is 1.41. The highest BCUT2D eigenvalue weighted by Crippen LogP contribution is 2.56. The van der Waals surface area contributed by atoms with E-state index in [0.29, 0.717) is 0 Å². The fourth-order valence-corrected chi connectivity index (χ4v) is 10.1. The molecule has 0 saturated heterocycles. The van der Waals surface area contributed by atoms with Crippen LogP contribution in [0.1, 0.15) is 130 Å². The molecule has 1 heterocycles. The zero-order valence-corrected chi connectivity index (χ0v) is 33.9. The van der Waals surface area contributed by atoms with Crippen LogP contribution in [-0.2, 0) is 24.8 Å². The quantitative estimate of drug-likeness (QED) is 0.0614. The largest absolute Gasteiger partial charge is 0.235 e. The molecule has 1 aliphatic rings. The smallest absolute Gasteiger partial charge is 0.186 e. The molecule has 0 bridgehead atoms. The summed E-state index contributed by atoms with van der Waals surface area (Å²) in [5.41, 5.74) is 11.6. The lowest BCUT2D eigenvalue weighted by Crippen LogP contribution is -2.34. The van der Waals surface area contributed by atoms with Crippen molar-refractivity contribution in [1.82, 2.24) is 0 Å². The summed E-state index contributed by atoms with van der Waals surface area (Å²) in [6, 6.07) is 30.7. The van der Waals surface area contributed by atoms with Crippen molar-refractivity contribution >= 4 is 53.4 Å². The van der Waals surface area contributed by atoms with Crippen molar-refractivity contribution in [3.8, 4) is 11.1 Å². The van der Waals surface area contributed by atoms with Crippen molar-refractivity contribution in [2.75, 3.05) is 0 Å². The Labute approximate surface area is 316 Å². The number of hydrogen-bond acceptors (Lipinski definition) is 1. The summed E-state index contributed by atoms with van der Waals surface area (Å²) in [4.78, 5) is 0. The summed E-state index contributed by atoms with van der Waals surface area (Å²) in [6.07, 6.45) is 18.8. The normalized spacial score (nSPS) is 13.2. The molecule has 258 valence electrons. The van der Waals surface area contributed by atoms with E-state index in [2.05, 4.69) is 136 Å². The van der Waals surface area contributed by atoms with Crippen LogP contribution in [0.2, 0.25) is 0 Å². The zero-order chi connectivity index (χ0) is 34.2. The Kier molecular flexibility index (Phi) is 12.9. The first-order valence-electron chi connectivity index (χ1n) is 19.1. The summed E-state index contributed by atoms with van der Waals surface area (Å²) >= 11 is 9.74. The second-order valence-corrected chi connectivity index (χ2v) is 17.4. The lowest BCUT2D eigenvalue weighted by Gasteiger charge is -2.34. The molecule has 1 aromatic heterocycles. The van der Waals surface area contributed by atoms with Gasteiger partial charge in [-0.1, -0.05) is 151 Å². The molecular weight excluding hydrogens is 746 g/mol. The summed E-state index contributed by atoms with van der Waals surface area (Å²) in [6.45, 7) is 8.01. The number of rotatable bonds is 18. The van der Waals surface area contributed by atoms with Gasteiger partial charge in [-0.15, -0.1) is 0 Å². The maximum absolute atomic E-state index is 3.91.